The maximum atomic E-state index is 13.0. The third kappa shape index (κ3) is 3.24. The number of rotatable bonds is 2. The Hall–Kier alpha value is -2.99. The van der Waals surface area contributed by atoms with Crippen LogP contribution in [0.25, 0.3) is 6.08 Å². The fourth-order valence-electron chi connectivity index (χ4n) is 3.35. The first-order valence-electron chi connectivity index (χ1n) is 8.62. The van der Waals surface area contributed by atoms with Crippen LogP contribution in [0.15, 0.2) is 54.1 Å². The molecule has 1 N–H and O–H groups in total. The van der Waals surface area contributed by atoms with Gasteiger partial charge in [-0.05, 0) is 67.5 Å². The highest BCUT2D eigenvalue weighted by Crippen LogP contribution is 2.35. The first-order chi connectivity index (χ1) is 12.8. The van der Waals surface area contributed by atoms with Crippen molar-refractivity contribution in [3.8, 4) is 5.75 Å². The number of nitrogens with one attached hydrogen (secondary N) is 1. The Morgan fingerprint density at radius 3 is 2.63 bits per heavy atom. The molecule has 2 aromatic rings. The number of amides is 2. The van der Waals surface area contributed by atoms with Crippen molar-refractivity contribution in [1.29, 1.82) is 0 Å². The summed E-state index contributed by atoms with van der Waals surface area (Å²) in [4.78, 5) is 26.7. The third-order valence-electron chi connectivity index (χ3n) is 4.51. The standard InChI is InChI=1S/C21H18N2O3S/c1-21(2)12-14-10-13(8-9-17(14)26-21)11-16-18(24)22-20(27)23(19(16)25)15-6-4-3-5-7-15/h3-11H,12H2,1-2H3,(H,22,24,27)/b16-11-. The molecule has 2 heterocycles. The van der Waals surface area contributed by atoms with Gasteiger partial charge in [-0.15, -0.1) is 0 Å². The van der Waals surface area contributed by atoms with E-state index in [0.717, 1.165) is 23.3 Å². The van der Waals surface area contributed by atoms with Gasteiger partial charge in [-0.1, -0.05) is 24.3 Å². The minimum Gasteiger partial charge on any atom is -0.487 e. The summed E-state index contributed by atoms with van der Waals surface area (Å²) < 4.78 is 5.88. The second kappa shape index (κ2) is 6.32. The normalized spacial score (nSPS) is 19.7. The van der Waals surface area contributed by atoms with Gasteiger partial charge in [0, 0.05) is 6.42 Å². The van der Waals surface area contributed by atoms with Crippen LogP contribution in [0, 0.1) is 0 Å². The van der Waals surface area contributed by atoms with Gasteiger partial charge < -0.3 is 4.74 Å². The van der Waals surface area contributed by atoms with E-state index in [0.29, 0.717) is 5.69 Å². The molecule has 0 bridgehead atoms. The summed E-state index contributed by atoms with van der Waals surface area (Å²) in [5.41, 5.74) is 2.25. The van der Waals surface area contributed by atoms with Crippen molar-refractivity contribution in [2.75, 3.05) is 4.90 Å². The number of hydrogen-bond acceptors (Lipinski definition) is 4. The fourth-order valence-corrected chi connectivity index (χ4v) is 3.64. The van der Waals surface area contributed by atoms with Crippen molar-refractivity contribution in [3.63, 3.8) is 0 Å². The minimum atomic E-state index is -0.491. The summed E-state index contributed by atoms with van der Waals surface area (Å²) in [7, 11) is 0. The summed E-state index contributed by atoms with van der Waals surface area (Å²) in [5.74, 6) is -0.0880. The van der Waals surface area contributed by atoms with Gasteiger partial charge in [0.25, 0.3) is 11.8 Å². The highest BCUT2D eigenvalue weighted by Gasteiger charge is 2.35. The number of benzene rings is 2. The van der Waals surface area contributed by atoms with Crippen LogP contribution in [-0.4, -0.2) is 22.5 Å². The van der Waals surface area contributed by atoms with Gasteiger partial charge >= 0.3 is 0 Å². The first kappa shape index (κ1) is 17.4. The van der Waals surface area contributed by atoms with Crippen LogP contribution < -0.4 is 15.0 Å². The molecule has 136 valence electrons. The van der Waals surface area contributed by atoms with Crippen LogP contribution in [0.4, 0.5) is 5.69 Å². The average molecular weight is 378 g/mol. The average Bonchev–Trinajstić information content (AvgIpc) is 2.92. The van der Waals surface area contributed by atoms with Gasteiger partial charge in [0.05, 0.1) is 5.69 Å². The molecule has 0 atom stereocenters. The Kier molecular flexibility index (Phi) is 4.08. The molecule has 0 radical (unpaired) electrons. The summed E-state index contributed by atoms with van der Waals surface area (Å²) in [6.45, 7) is 4.06. The SMILES string of the molecule is CC1(C)Cc2cc(/C=C3/C(=O)NC(=S)N(c4ccccc4)C3=O)ccc2O1. The predicted octanol–water partition coefficient (Wildman–Crippen LogP) is 3.23. The Morgan fingerprint density at radius 1 is 1.15 bits per heavy atom. The molecule has 2 aromatic carbocycles. The molecular weight excluding hydrogens is 360 g/mol. The second-order valence-corrected chi connectivity index (χ2v) is 7.59. The fraction of sp³-hybridized carbons (Fsp3) is 0.190. The predicted molar refractivity (Wildman–Crippen MR) is 107 cm³/mol. The van der Waals surface area contributed by atoms with Crippen LogP contribution >= 0.6 is 12.2 Å². The van der Waals surface area contributed by atoms with Gasteiger partial charge in [-0.3, -0.25) is 19.8 Å². The van der Waals surface area contributed by atoms with Crippen LogP contribution in [0.3, 0.4) is 0 Å². The van der Waals surface area contributed by atoms with Crippen molar-refractivity contribution in [2.24, 2.45) is 0 Å². The molecule has 6 heteroatoms. The Bertz CT molecular complexity index is 996. The van der Waals surface area contributed by atoms with E-state index in [1.54, 1.807) is 18.2 Å². The van der Waals surface area contributed by atoms with Crippen LogP contribution in [0.2, 0.25) is 0 Å². The Labute approximate surface area is 162 Å². The molecule has 1 saturated heterocycles. The number of fused-ring (bicyclic) bond motifs is 1. The van der Waals surface area contributed by atoms with Crippen molar-refractivity contribution in [2.45, 2.75) is 25.9 Å². The highest BCUT2D eigenvalue weighted by atomic mass is 32.1. The lowest BCUT2D eigenvalue weighted by Crippen LogP contribution is -2.54. The molecule has 1 fully saturated rings. The second-order valence-electron chi connectivity index (χ2n) is 7.20. The Morgan fingerprint density at radius 2 is 1.89 bits per heavy atom. The van der Waals surface area contributed by atoms with Gasteiger partial charge in [0.2, 0.25) is 0 Å². The van der Waals surface area contributed by atoms with Gasteiger partial charge in [-0.2, -0.15) is 0 Å². The first-order valence-corrected chi connectivity index (χ1v) is 9.03. The van der Waals surface area contributed by atoms with Crippen molar-refractivity contribution < 1.29 is 14.3 Å². The summed E-state index contributed by atoms with van der Waals surface area (Å²) in [6, 6.07) is 14.7. The lowest BCUT2D eigenvalue weighted by Gasteiger charge is -2.28. The van der Waals surface area contributed by atoms with Crippen LogP contribution in [0.5, 0.6) is 5.75 Å². The number of carbonyl (C=O) groups is 2. The molecule has 0 spiro atoms. The quantitative estimate of drug-likeness (QED) is 0.495. The lowest BCUT2D eigenvalue weighted by molar-refractivity contribution is -0.122. The molecule has 5 nitrogen and oxygen atoms in total. The molecule has 0 saturated carbocycles. The molecule has 2 aliphatic rings. The summed E-state index contributed by atoms with van der Waals surface area (Å²) in [5, 5.41) is 2.68. The van der Waals surface area contributed by atoms with E-state index < -0.39 is 11.8 Å². The number of hydrogen-bond donors (Lipinski definition) is 1. The van der Waals surface area contributed by atoms with Gasteiger partial charge in [-0.25, -0.2) is 0 Å². The molecular formula is C21H18N2O3S. The van der Waals surface area contributed by atoms with E-state index in [1.807, 2.05) is 50.2 Å². The van der Waals surface area contributed by atoms with Crippen molar-refractivity contribution >= 4 is 40.9 Å². The number of carbonyl (C=O) groups excluding carboxylic acids is 2. The van der Waals surface area contributed by atoms with Crippen molar-refractivity contribution in [1.82, 2.24) is 5.32 Å². The van der Waals surface area contributed by atoms with Crippen LogP contribution in [-0.2, 0) is 16.0 Å². The van der Waals surface area contributed by atoms with E-state index in [-0.39, 0.29) is 16.3 Å². The largest absolute Gasteiger partial charge is 0.487 e. The van der Waals surface area contributed by atoms with Crippen molar-refractivity contribution in [3.05, 3.63) is 65.2 Å². The molecule has 4 rings (SSSR count). The van der Waals surface area contributed by atoms with Gasteiger partial charge in [0.1, 0.15) is 16.9 Å². The number of thiocarbonyl (C=S) groups is 1. The van der Waals surface area contributed by atoms with Crippen LogP contribution in [0.1, 0.15) is 25.0 Å². The summed E-state index contributed by atoms with van der Waals surface area (Å²) >= 11 is 5.20. The topological polar surface area (TPSA) is 58.6 Å². The molecule has 0 unspecified atom stereocenters. The maximum Gasteiger partial charge on any atom is 0.270 e. The molecule has 2 aliphatic heterocycles. The van der Waals surface area contributed by atoms with E-state index in [4.69, 9.17) is 17.0 Å². The number of anilines is 1. The highest BCUT2D eigenvalue weighted by molar-refractivity contribution is 7.80. The number of nitrogens with zero attached hydrogens (tertiary/aromatic N) is 1. The number of para-hydroxylation sites is 1. The molecule has 0 aromatic heterocycles. The monoisotopic (exact) mass is 378 g/mol. The molecule has 0 aliphatic carbocycles. The van der Waals surface area contributed by atoms with E-state index >= 15 is 0 Å². The lowest BCUT2D eigenvalue weighted by atomic mass is 9.99. The maximum absolute atomic E-state index is 13.0. The zero-order valence-corrected chi connectivity index (χ0v) is 15.8. The van der Waals surface area contributed by atoms with E-state index in [2.05, 4.69) is 5.32 Å². The zero-order valence-electron chi connectivity index (χ0n) is 15.0. The number of ether oxygens (including phenoxy) is 1. The molecule has 2 amide bonds. The van der Waals surface area contributed by atoms with Gasteiger partial charge in [0.15, 0.2) is 5.11 Å². The van der Waals surface area contributed by atoms with E-state index in [1.165, 1.54) is 4.90 Å². The smallest absolute Gasteiger partial charge is 0.270 e. The third-order valence-corrected chi connectivity index (χ3v) is 4.80. The molecule has 27 heavy (non-hydrogen) atoms. The summed E-state index contributed by atoms with van der Waals surface area (Å²) in [6.07, 6.45) is 2.38. The zero-order chi connectivity index (χ0) is 19.2. The minimum absolute atomic E-state index is 0.0468. The Balaban J connectivity index is 1.70. The van der Waals surface area contributed by atoms with E-state index in [9.17, 15) is 9.59 Å².